The quantitative estimate of drug-likeness (QED) is 0.186. The lowest BCUT2D eigenvalue weighted by Crippen LogP contribution is -2.53. The van der Waals surface area contributed by atoms with Crippen molar-refractivity contribution in [3.8, 4) is 17.1 Å². The van der Waals surface area contributed by atoms with Crippen LogP contribution in [0.25, 0.3) is 11.3 Å². The fourth-order valence-corrected chi connectivity index (χ4v) is 8.14. The molecule has 2 saturated carbocycles. The number of carbonyl (C=O) groups is 1. The van der Waals surface area contributed by atoms with E-state index in [1.165, 1.54) is 17.5 Å². The molecule has 0 spiro atoms. The molecule has 4 aromatic rings. The number of halogens is 3. The van der Waals surface area contributed by atoms with E-state index in [2.05, 4.69) is 27.2 Å². The zero-order chi connectivity index (χ0) is 34.9. The minimum absolute atomic E-state index is 0.0512. The molecule has 2 N–H and O–H groups in total. The summed E-state index contributed by atoms with van der Waals surface area (Å²) in [6, 6.07) is 24.4. The first kappa shape index (κ1) is 34.4. The van der Waals surface area contributed by atoms with E-state index in [1.807, 2.05) is 62.4 Å². The maximum Gasteiger partial charge on any atom is 0.394 e. The molecular formula is C39H42F3N5O2S. The number of nitrogens with one attached hydrogen (secondary N) is 2. The number of anilines is 1. The first-order valence-electron chi connectivity index (χ1n) is 17.4. The molecule has 0 radical (unpaired) electrons. The second kappa shape index (κ2) is 14.3. The van der Waals surface area contributed by atoms with Gasteiger partial charge in [0.1, 0.15) is 6.61 Å². The summed E-state index contributed by atoms with van der Waals surface area (Å²) in [6.45, 7) is 4.65. The van der Waals surface area contributed by atoms with Gasteiger partial charge in [0, 0.05) is 40.7 Å². The summed E-state index contributed by atoms with van der Waals surface area (Å²) in [5, 5.41) is 3.65. The van der Waals surface area contributed by atoms with Crippen LogP contribution in [-0.2, 0) is 6.54 Å². The fraction of sp³-hybridized carbons (Fsp3) is 0.410. The van der Waals surface area contributed by atoms with Gasteiger partial charge in [-0.25, -0.2) is 4.98 Å². The number of hydrogen-bond donors (Lipinski definition) is 2. The van der Waals surface area contributed by atoms with E-state index in [0.717, 1.165) is 41.0 Å². The molecule has 11 heteroatoms. The molecule has 2 heterocycles. The van der Waals surface area contributed by atoms with Crippen molar-refractivity contribution in [2.45, 2.75) is 94.5 Å². The third-order valence-corrected chi connectivity index (χ3v) is 11.2. The number of nitrogens with zero attached hydrogens (tertiary/aromatic N) is 3. The molecule has 2 aliphatic carbocycles. The highest BCUT2D eigenvalue weighted by Crippen LogP contribution is 2.61. The molecule has 262 valence electrons. The highest BCUT2D eigenvalue weighted by atomic mass is 32.2. The molecule has 2 fully saturated rings. The molecule has 0 unspecified atom stereocenters. The lowest BCUT2D eigenvalue weighted by atomic mass is 9.87. The van der Waals surface area contributed by atoms with Crippen molar-refractivity contribution in [2.24, 2.45) is 5.41 Å². The first-order chi connectivity index (χ1) is 24.1. The lowest BCUT2D eigenvalue weighted by Gasteiger charge is -2.43. The van der Waals surface area contributed by atoms with E-state index in [9.17, 15) is 18.0 Å². The van der Waals surface area contributed by atoms with Crippen LogP contribution in [0.5, 0.6) is 5.88 Å². The zero-order valence-corrected chi connectivity index (χ0v) is 29.1. The predicted octanol–water partition coefficient (Wildman–Crippen LogP) is 8.92. The van der Waals surface area contributed by atoms with Crippen LogP contribution in [0.1, 0.15) is 72.0 Å². The lowest BCUT2D eigenvalue weighted by molar-refractivity contribution is -0.193. The van der Waals surface area contributed by atoms with E-state index in [4.69, 9.17) is 9.72 Å². The van der Waals surface area contributed by atoms with Crippen molar-refractivity contribution >= 4 is 23.8 Å². The minimum atomic E-state index is -4.38. The van der Waals surface area contributed by atoms with Gasteiger partial charge in [-0.15, -0.1) is 0 Å². The Morgan fingerprint density at radius 1 is 0.940 bits per heavy atom. The van der Waals surface area contributed by atoms with Crippen molar-refractivity contribution in [1.29, 1.82) is 0 Å². The number of fused-ring (bicyclic) bond motifs is 4. The molecule has 7 rings (SSSR count). The summed E-state index contributed by atoms with van der Waals surface area (Å²) in [5.74, 6) is 0.285. The van der Waals surface area contributed by atoms with Crippen LogP contribution < -0.4 is 14.8 Å². The Labute approximate surface area is 295 Å². The van der Waals surface area contributed by atoms with Gasteiger partial charge in [0.05, 0.1) is 17.2 Å². The Hall–Kier alpha value is -4.09. The molecule has 50 heavy (non-hydrogen) atoms. The van der Waals surface area contributed by atoms with Gasteiger partial charge < -0.3 is 15.0 Å². The Kier molecular flexibility index (Phi) is 9.80. The largest absolute Gasteiger partial charge is 0.475 e. The fourth-order valence-electron chi connectivity index (χ4n) is 7.51. The SMILES string of the molecule is Cc1cccc(C)c1-c1cc2nc(n1)NSc1cccc(c1)C(=O)N(C1CCC(NCc3ccccc3)CC1)[C@H](CC1(C(F)(F)F)CC1)CO2. The Balaban J connectivity index is 1.23. The molecule has 7 nitrogen and oxygen atoms in total. The first-order valence-corrected chi connectivity index (χ1v) is 18.2. The third-order valence-electron chi connectivity index (χ3n) is 10.4. The molecule has 1 amide bonds. The van der Waals surface area contributed by atoms with Crippen molar-refractivity contribution in [3.05, 3.63) is 101 Å². The topological polar surface area (TPSA) is 79.4 Å². The maximum absolute atomic E-state index is 14.6. The van der Waals surface area contributed by atoms with Gasteiger partial charge >= 0.3 is 6.18 Å². The highest BCUT2D eigenvalue weighted by Gasteiger charge is 2.64. The molecule has 4 bridgehead atoms. The van der Waals surface area contributed by atoms with Gasteiger partial charge in [-0.1, -0.05) is 54.6 Å². The summed E-state index contributed by atoms with van der Waals surface area (Å²) >= 11 is 1.27. The summed E-state index contributed by atoms with van der Waals surface area (Å²) in [5.41, 5.74) is 3.46. The van der Waals surface area contributed by atoms with Crippen molar-refractivity contribution in [3.63, 3.8) is 0 Å². The third kappa shape index (κ3) is 7.49. The van der Waals surface area contributed by atoms with Gasteiger partial charge in [-0.2, -0.15) is 18.2 Å². The average Bonchev–Trinajstić information content (AvgIpc) is 3.91. The van der Waals surface area contributed by atoms with Crippen molar-refractivity contribution < 1.29 is 22.7 Å². The van der Waals surface area contributed by atoms with Crippen LogP contribution in [0.2, 0.25) is 0 Å². The number of amides is 1. The summed E-state index contributed by atoms with van der Waals surface area (Å²) < 4.78 is 53.3. The van der Waals surface area contributed by atoms with E-state index >= 15 is 0 Å². The Morgan fingerprint density at radius 3 is 2.36 bits per heavy atom. The van der Waals surface area contributed by atoms with Crippen molar-refractivity contribution in [2.75, 3.05) is 11.3 Å². The Bertz CT molecular complexity index is 1810. The predicted molar refractivity (Wildman–Crippen MR) is 190 cm³/mol. The van der Waals surface area contributed by atoms with Crippen LogP contribution in [0.3, 0.4) is 0 Å². The van der Waals surface area contributed by atoms with Gasteiger partial charge in [-0.3, -0.25) is 9.52 Å². The molecule has 3 aliphatic rings. The number of ether oxygens (including phenoxy) is 1. The van der Waals surface area contributed by atoms with Crippen LogP contribution >= 0.6 is 11.9 Å². The molecule has 1 aliphatic heterocycles. The van der Waals surface area contributed by atoms with Crippen LogP contribution in [0.4, 0.5) is 19.1 Å². The second-order valence-corrected chi connectivity index (χ2v) is 14.8. The van der Waals surface area contributed by atoms with E-state index < -0.39 is 17.6 Å². The average molecular weight is 702 g/mol. The number of aryl methyl sites for hydroxylation is 2. The second-order valence-electron chi connectivity index (χ2n) is 13.9. The van der Waals surface area contributed by atoms with Crippen molar-refractivity contribution in [1.82, 2.24) is 20.2 Å². The monoisotopic (exact) mass is 701 g/mol. The smallest absolute Gasteiger partial charge is 0.394 e. The number of rotatable bonds is 7. The molecule has 1 aromatic heterocycles. The number of alkyl halides is 3. The zero-order valence-electron chi connectivity index (χ0n) is 28.3. The summed E-state index contributed by atoms with van der Waals surface area (Å²) in [4.78, 5) is 26.5. The number of benzene rings is 3. The highest BCUT2D eigenvalue weighted by molar-refractivity contribution is 8.00. The molecule has 3 aromatic carbocycles. The van der Waals surface area contributed by atoms with Crippen LogP contribution in [0, 0.1) is 19.3 Å². The van der Waals surface area contributed by atoms with Gasteiger partial charge in [0.25, 0.3) is 5.91 Å². The normalized spacial score (nSPS) is 22.0. The molecule has 1 atom stereocenters. The standard InChI is InChI=1S/C39H42F3N5O2S/c1-25-8-6-9-26(2)35(25)33-21-34-45-37(44-33)46-50-32-13-7-12-28(20-32)36(48)47(31(24-49-34)22-38(18-19-38)39(40,41)42)30-16-14-29(15-17-30)43-23-27-10-4-3-5-11-27/h3-13,20-21,29-31,43H,14-19,22-24H2,1-2H3,(H,44,45,46)/t29?,30?,31-/m1/s1. The van der Waals surface area contributed by atoms with Gasteiger partial charge in [0.2, 0.25) is 11.8 Å². The van der Waals surface area contributed by atoms with Gasteiger partial charge in [0.15, 0.2) is 0 Å². The van der Waals surface area contributed by atoms with E-state index in [1.54, 1.807) is 23.1 Å². The number of carbonyl (C=O) groups excluding carboxylic acids is 1. The number of aromatic nitrogens is 2. The van der Waals surface area contributed by atoms with Crippen LogP contribution in [0.15, 0.2) is 83.8 Å². The van der Waals surface area contributed by atoms with E-state index in [0.29, 0.717) is 30.0 Å². The summed E-state index contributed by atoms with van der Waals surface area (Å²) in [7, 11) is 0. The minimum Gasteiger partial charge on any atom is -0.475 e. The summed E-state index contributed by atoms with van der Waals surface area (Å²) in [6.07, 6.45) is -1.51. The molecular weight excluding hydrogens is 660 g/mol. The maximum atomic E-state index is 14.6. The molecule has 0 saturated heterocycles. The van der Waals surface area contributed by atoms with E-state index in [-0.39, 0.29) is 49.7 Å². The number of hydrogen-bond acceptors (Lipinski definition) is 7. The Morgan fingerprint density at radius 2 is 1.66 bits per heavy atom. The van der Waals surface area contributed by atoms with Gasteiger partial charge in [-0.05, 0) is 106 Å². The van der Waals surface area contributed by atoms with Crippen LogP contribution in [-0.4, -0.2) is 51.7 Å².